The van der Waals surface area contributed by atoms with Crippen molar-refractivity contribution in [2.45, 2.75) is 31.9 Å². The van der Waals surface area contributed by atoms with Crippen molar-refractivity contribution in [1.82, 2.24) is 20.0 Å². The summed E-state index contributed by atoms with van der Waals surface area (Å²) in [5.41, 5.74) is 1.95. The molecule has 2 saturated heterocycles. The second-order valence-corrected chi connectivity index (χ2v) is 12.2. The second kappa shape index (κ2) is 13.4. The van der Waals surface area contributed by atoms with Gasteiger partial charge in [-0.3, -0.25) is 9.69 Å². The number of amides is 1. The number of benzene rings is 4. The fraction of sp³-hybridized carbons (Fsp3) is 0.400. The van der Waals surface area contributed by atoms with E-state index in [1.54, 1.807) is 6.07 Å². The average molecular weight is 585 g/mol. The molecule has 7 heteroatoms. The Hall–Kier alpha value is -3.16. The first-order chi connectivity index (χ1) is 20.5. The van der Waals surface area contributed by atoms with Crippen LogP contribution < -0.4 is 10.1 Å². The zero-order chi connectivity index (χ0) is 28.9. The van der Waals surface area contributed by atoms with Gasteiger partial charge in [0.15, 0.2) is 0 Å². The van der Waals surface area contributed by atoms with Crippen LogP contribution >= 0.6 is 11.6 Å². The number of hydrogen-bond donors (Lipinski definition) is 1. The van der Waals surface area contributed by atoms with Crippen LogP contribution in [0.25, 0.3) is 21.5 Å². The third-order valence-electron chi connectivity index (χ3n) is 8.80. The van der Waals surface area contributed by atoms with Gasteiger partial charge in [-0.25, -0.2) is 0 Å². The van der Waals surface area contributed by atoms with E-state index in [2.05, 4.69) is 81.7 Å². The number of rotatable bonds is 9. The molecule has 2 heterocycles. The Morgan fingerprint density at radius 3 is 2.33 bits per heavy atom. The first-order valence-corrected chi connectivity index (χ1v) is 15.7. The molecular formula is C35H41ClN4O2. The maximum Gasteiger partial charge on any atom is 0.251 e. The monoisotopic (exact) mass is 584 g/mol. The molecule has 0 unspecified atom stereocenters. The third kappa shape index (κ3) is 6.90. The summed E-state index contributed by atoms with van der Waals surface area (Å²) in [6, 6.07) is 25.1. The topological polar surface area (TPSA) is 48.1 Å². The maximum atomic E-state index is 12.7. The minimum atomic E-state index is -0.0867. The summed E-state index contributed by atoms with van der Waals surface area (Å²) in [4.78, 5) is 20.0. The summed E-state index contributed by atoms with van der Waals surface area (Å²) in [6.07, 6.45) is 2.94. The predicted octanol–water partition coefficient (Wildman–Crippen LogP) is 6.06. The van der Waals surface area contributed by atoms with Gasteiger partial charge in [-0.05, 0) is 84.2 Å². The van der Waals surface area contributed by atoms with Gasteiger partial charge in [-0.1, -0.05) is 60.1 Å². The van der Waals surface area contributed by atoms with Gasteiger partial charge >= 0.3 is 0 Å². The lowest BCUT2D eigenvalue weighted by Gasteiger charge is -2.32. The molecule has 0 aromatic heterocycles. The molecule has 6 rings (SSSR count). The van der Waals surface area contributed by atoms with Crippen LogP contribution in [0.15, 0.2) is 72.8 Å². The average Bonchev–Trinajstić information content (AvgIpc) is 3.02. The quantitative estimate of drug-likeness (QED) is 0.191. The molecule has 0 atom stereocenters. The Kier molecular flexibility index (Phi) is 9.25. The number of nitrogens with one attached hydrogen (secondary N) is 1. The number of piperazine rings is 1. The second-order valence-electron chi connectivity index (χ2n) is 11.8. The number of nitrogens with zero attached hydrogens (tertiary/aromatic N) is 3. The standard InChI is InChI=1S/C35H41ClN4O2/c1-38-19-21-39(22-20-38)16-6-15-37-35(41)27-11-12-34(33(36)24-27)42-29-13-17-40(18-14-29)25-28-23-26-7-2-3-8-30(26)32-10-5-4-9-31(28)32/h2-5,7-12,23-24,29H,6,13-22,25H2,1H3,(H,37,41). The lowest BCUT2D eigenvalue weighted by atomic mass is 9.96. The van der Waals surface area contributed by atoms with Crippen molar-refractivity contribution in [2.24, 2.45) is 0 Å². The number of carbonyl (C=O) groups excluding carboxylic acids is 1. The molecule has 1 N–H and O–H groups in total. The SMILES string of the molecule is CN1CCN(CCCNC(=O)c2ccc(OC3CCN(Cc4cc5ccccc5c5ccccc45)CC3)c(Cl)c2)CC1. The van der Waals surface area contributed by atoms with E-state index in [4.69, 9.17) is 16.3 Å². The fourth-order valence-corrected chi connectivity index (χ4v) is 6.51. The van der Waals surface area contributed by atoms with E-state index < -0.39 is 0 Å². The summed E-state index contributed by atoms with van der Waals surface area (Å²) in [6.45, 7) is 8.97. The van der Waals surface area contributed by atoms with Crippen molar-refractivity contribution in [3.05, 3.63) is 88.9 Å². The van der Waals surface area contributed by atoms with Crippen molar-refractivity contribution in [1.29, 1.82) is 0 Å². The van der Waals surface area contributed by atoms with Crippen LogP contribution in [0, 0.1) is 0 Å². The molecule has 0 radical (unpaired) electrons. The molecular weight excluding hydrogens is 544 g/mol. The Morgan fingerprint density at radius 2 is 1.57 bits per heavy atom. The molecule has 0 spiro atoms. The van der Waals surface area contributed by atoms with Crippen molar-refractivity contribution >= 4 is 39.1 Å². The van der Waals surface area contributed by atoms with Crippen LogP contribution in [-0.4, -0.2) is 86.1 Å². The van der Waals surface area contributed by atoms with Crippen molar-refractivity contribution in [3.63, 3.8) is 0 Å². The number of halogens is 1. The summed E-state index contributed by atoms with van der Waals surface area (Å²) < 4.78 is 6.32. The van der Waals surface area contributed by atoms with Gasteiger partial charge in [-0.2, -0.15) is 0 Å². The van der Waals surface area contributed by atoms with E-state index >= 15 is 0 Å². The van der Waals surface area contributed by atoms with Crippen LogP contribution in [0.1, 0.15) is 35.2 Å². The summed E-state index contributed by atoms with van der Waals surface area (Å²) in [7, 11) is 2.16. The molecule has 0 saturated carbocycles. The first kappa shape index (κ1) is 28.9. The fourth-order valence-electron chi connectivity index (χ4n) is 6.28. The van der Waals surface area contributed by atoms with E-state index in [1.165, 1.54) is 27.1 Å². The van der Waals surface area contributed by atoms with E-state index in [9.17, 15) is 4.79 Å². The van der Waals surface area contributed by atoms with Crippen molar-refractivity contribution in [2.75, 3.05) is 59.4 Å². The van der Waals surface area contributed by atoms with Gasteiger partial charge in [0.05, 0.1) is 5.02 Å². The largest absolute Gasteiger partial charge is 0.489 e. The van der Waals surface area contributed by atoms with E-state index in [0.29, 0.717) is 22.9 Å². The van der Waals surface area contributed by atoms with Crippen LogP contribution in [0.2, 0.25) is 5.02 Å². The zero-order valence-corrected chi connectivity index (χ0v) is 25.3. The number of carbonyl (C=O) groups is 1. The molecule has 4 aromatic rings. The molecule has 0 aliphatic carbocycles. The summed E-state index contributed by atoms with van der Waals surface area (Å²) in [5.74, 6) is 0.568. The molecule has 1 amide bonds. The number of piperidine rings is 1. The van der Waals surface area contributed by atoms with Crippen LogP contribution in [0.5, 0.6) is 5.75 Å². The molecule has 2 aliphatic heterocycles. The number of fused-ring (bicyclic) bond motifs is 3. The summed E-state index contributed by atoms with van der Waals surface area (Å²) in [5, 5.41) is 8.79. The van der Waals surface area contributed by atoms with Crippen LogP contribution in [-0.2, 0) is 6.54 Å². The van der Waals surface area contributed by atoms with Crippen LogP contribution in [0.3, 0.4) is 0 Å². The maximum absolute atomic E-state index is 12.7. The van der Waals surface area contributed by atoms with E-state index in [0.717, 1.165) is 71.6 Å². The highest BCUT2D eigenvalue weighted by molar-refractivity contribution is 6.32. The highest BCUT2D eigenvalue weighted by Crippen LogP contribution is 2.31. The van der Waals surface area contributed by atoms with Gasteiger partial charge in [0, 0.05) is 57.9 Å². The first-order valence-electron chi connectivity index (χ1n) is 15.3. The Morgan fingerprint density at radius 1 is 0.857 bits per heavy atom. The normalized spacial score (nSPS) is 17.6. The Labute approximate surface area is 254 Å². The molecule has 2 aliphatic rings. The van der Waals surface area contributed by atoms with Crippen molar-refractivity contribution in [3.8, 4) is 5.75 Å². The smallest absolute Gasteiger partial charge is 0.251 e. The van der Waals surface area contributed by atoms with Gasteiger partial charge in [0.25, 0.3) is 5.91 Å². The number of likely N-dealkylation sites (N-methyl/N-ethyl adjacent to an activating group) is 1. The van der Waals surface area contributed by atoms with Crippen LogP contribution in [0.4, 0.5) is 0 Å². The number of hydrogen-bond acceptors (Lipinski definition) is 5. The molecule has 4 aromatic carbocycles. The van der Waals surface area contributed by atoms with Gasteiger partial charge in [0.2, 0.25) is 0 Å². The van der Waals surface area contributed by atoms with E-state index in [-0.39, 0.29) is 12.0 Å². The highest BCUT2D eigenvalue weighted by atomic mass is 35.5. The number of ether oxygens (including phenoxy) is 1. The van der Waals surface area contributed by atoms with Gasteiger partial charge in [-0.15, -0.1) is 0 Å². The predicted molar refractivity (Wildman–Crippen MR) is 173 cm³/mol. The lowest BCUT2D eigenvalue weighted by Crippen LogP contribution is -2.45. The zero-order valence-electron chi connectivity index (χ0n) is 24.5. The molecule has 0 bridgehead atoms. The minimum Gasteiger partial charge on any atom is -0.489 e. The van der Waals surface area contributed by atoms with Gasteiger partial charge < -0.3 is 19.9 Å². The highest BCUT2D eigenvalue weighted by Gasteiger charge is 2.23. The molecule has 2 fully saturated rings. The summed E-state index contributed by atoms with van der Waals surface area (Å²) >= 11 is 6.58. The molecule has 220 valence electrons. The number of likely N-dealkylation sites (tertiary alicyclic amines) is 1. The Bertz CT molecular complexity index is 1530. The van der Waals surface area contributed by atoms with E-state index in [1.807, 2.05) is 12.1 Å². The molecule has 6 nitrogen and oxygen atoms in total. The minimum absolute atomic E-state index is 0.0867. The van der Waals surface area contributed by atoms with Gasteiger partial charge in [0.1, 0.15) is 11.9 Å². The third-order valence-corrected chi connectivity index (χ3v) is 9.10. The van der Waals surface area contributed by atoms with Crippen molar-refractivity contribution < 1.29 is 9.53 Å². The molecule has 42 heavy (non-hydrogen) atoms. The Balaban J connectivity index is 0.986. The lowest BCUT2D eigenvalue weighted by molar-refractivity contribution is 0.0947.